The zero-order valence-electron chi connectivity index (χ0n) is 20.3. The van der Waals surface area contributed by atoms with Crippen LogP contribution >= 0.6 is 12.2 Å². The third kappa shape index (κ3) is 7.96. The van der Waals surface area contributed by atoms with Gasteiger partial charge in [0.1, 0.15) is 11.5 Å². The predicted molar refractivity (Wildman–Crippen MR) is 145 cm³/mol. The summed E-state index contributed by atoms with van der Waals surface area (Å²) in [6.07, 6.45) is 0.953. The molecule has 190 valence electrons. The molecule has 3 aromatic carbocycles. The minimum atomic E-state index is -3.78. The van der Waals surface area contributed by atoms with Crippen molar-refractivity contribution in [2.45, 2.75) is 25.2 Å². The van der Waals surface area contributed by atoms with E-state index in [4.69, 9.17) is 21.7 Å². The Hall–Kier alpha value is -3.63. The van der Waals surface area contributed by atoms with Crippen LogP contribution in [0.1, 0.15) is 30.6 Å². The van der Waals surface area contributed by atoms with Crippen molar-refractivity contribution in [1.82, 2.24) is 5.32 Å². The van der Waals surface area contributed by atoms with Gasteiger partial charge in [0, 0.05) is 16.9 Å². The summed E-state index contributed by atoms with van der Waals surface area (Å²) in [5.74, 6) is 1.51. The van der Waals surface area contributed by atoms with Crippen LogP contribution in [0.2, 0.25) is 0 Å². The molecule has 0 spiro atoms. The topological polar surface area (TPSA) is 106 Å². The first kappa shape index (κ1) is 27.0. The number of thiocarbonyl (C=S) groups is 1. The van der Waals surface area contributed by atoms with Crippen molar-refractivity contribution in [3.63, 3.8) is 0 Å². The molecule has 3 aromatic rings. The number of methoxy groups -OCH3 is 1. The lowest BCUT2D eigenvalue weighted by atomic mass is 10.1. The molecule has 0 unspecified atom stereocenters. The molecule has 0 saturated heterocycles. The minimum Gasteiger partial charge on any atom is -0.497 e. The summed E-state index contributed by atoms with van der Waals surface area (Å²) in [5, 5.41) is 5.58. The molecule has 0 aliphatic heterocycles. The molecule has 0 heterocycles. The number of sulfonamides is 1. The van der Waals surface area contributed by atoms with Crippen LogP contribution in [0.4, 0.5) is 11.4 Å². The third-order valence-electron chi connectivity index (χ3n) is 5.07. The lowest BCUT2D eigenvalue weighted by Crippen LogP contribution is -2.34. The van der Waals surface area contributed by atoms with Crippen molar-refractivity contribution in [1.29, 1.82) is 0 Å². The van der Waals surface area contributed by atoms with E-state index in [0.29, 0.717) is 41.0 Å². The fraction of sp³-hybridized carbons (Fsp3) is 0.231. The quantitative estimate of drug-likeness (QED) is 0.317. The first-order valence-corrected chi connectivity index (χ1v) is 13.2. The van der Waals surface area contributed by atoms with E-state index in [0.717, 1.165) is 6.42 Å². The highest BCUT2D eigenvalue weighted by Crippen LogP contribution is 2.21. The average molecular weight is 528 g/mol. The van der Waals surface area contributed by atoms with Gasteiger partial charge in [-0.2, -0.15) is 0 Å². The van der Waals surface area contributed by atoms with Crippen molar-refractivity contribution in [2.24, 2.45) is 5.92 Å². The van der Waals surface area contributed by atoms with Crippen molar-refractivity contribution in [2.75, 3.05) is 23.8 Å². The molecule has 0 atom stereocenters. The maximum atomic E-state index is 12.6. The van der Waals surface area contributed by atoms with E-state index >= 15 is 0 Å². The van der Waals surface area contributed by atoms with Crippen LogP contribution < -0.4 is 24.8 Å². The fourth-order valence-electron chi connectivity index (χ4n) is 3.04. The highest BCUT2D eigenvalue weighted by molar-refractivity contribution is 7.92. The number of hydrogen-bond donors (Lipinski definition) is 3. The maximum Gasteiger partial charge on any atom is 0.261 e. The number of ether oxygens (including phenoxy) is 2. The van der Waals surface area contributed by atoms with Crippen molar-refractivity contribution in [3.8, 4) is 11.5 Å². The van der Waals surface area contributed by atoms with E-state index in [1.165, 1.54) is 19.2 Å². The minimum absolute atomic E-state index is 0.0783. The summed E-state index contributed by atoms with van der Waals surface area (Å²) in [6, 6.07) is 19.4. The number of carbonyl (C=O) groups excluding carboxylic acids is 1. The molecule has 3 rings (SSSR count). The zero-order chi connectivity index (χ0) is 26.1. The fourth-order valence-corrected chi connectivity index (χ4v) is 4.31. The smallest absolute Gasteiger partial charge is 0.261 e. The maximum absolute atomic E-state index is 12.6. The molecule has 0 aliphatic rings. The first-order valence-electron chi connectivity index (χ1n) is 11.3. The molecule has 10 heteroatoms. The molecule has 0 fully saturated rings. The molecule has 36 heavy (non-hydrogen) atoms. The van der Waals surface area contributed by atoms with Crippen LogP contribution in [0.15, 0.2) is 77.7 Å². The molecule has 1 amide bonds. The van der Waals surface area contributed by atoms with Gasteiger partial charge < -0.3 is 14.8 Å². The van der Waals surface area contributed by atoms with Crippen LogP contribution in [-0.4, -0.2) is 33.2 Å². The number of carbonyl (C=O) groups is 1. The van der Waals surface area contributed by atoms with E-state index in [1.807, 2.05) is 0 Å². The Balaban J connectivity index is 1.53. The van der Waals surface area contributed by atoms with Gasteiger partial charge >= 0.3 is 0 Å². The second-order valence-electron chi connectivity index (χ2n) is 8.32. The van der Waals surface area contributed by atoms with Crippen molar-refractivity contribution in [3.05, 3.63) is 78.4 Å². The molecule has 3 N–H and O–H groups in total. The summed E-state index contributed by atoms with van der Waals surface area (Å²) < 4.78 is 38.6. The second kappa shape index (κ2) is 12.4. The van der Waals surface area contributed by atoms with Gasteiger partial charge in [-0.25, -0.2) is 8.42 Å². The molecule has 0 aromatic heterocycles. The number of amides is 1. The Morgan fingerprint density at radius 1 is 0.889 bits per heavy atom. The van der Waals surface area contributed by atoms with Gasteiger partial charge in [-0.3, -0.25) is 14.8 Å². The van der Waals surface area contributed by atoms with Crippen LogP contribution in [0.5, 0.6) is 11.5 Å². The van der Waals surface area contributed by atoms with Gasteiger partial charge in [0.15, 0.2) is 5.11 Å². The number of hydrogen-bond acceptors (Lipinski definition) is 6. The van der Waals surface area contributed by atoms with Crippen LogP contribution in [0, 0.1) is 5.92 Å². The molecular weight excluding hydrogens is 498 g/mol. The first-order chi connectivity index (χ1) is 17.2. The highest BCUT2D eigenvalue weighted by Gasteiger charge is 2.15. The van der Waals surface area contributed by atoms with Gasteiger partial charge in [0.05, 0.1) is 18.6 Å². The Morgan fingerprint density at radius 3 is 2.06 bits per heavy atom. The number of benzene rings is 3. The highest BCUT2D eigenvalue weighted by atomic mass is 32.2. The number of rotatable bonds is 10. The second-order valence-corrected chi connectivity index (χ2v) is 10.4. The molecule has 0 aliphatic carbocycles. The number of nitrogens with one attached hydrogen (secondary N) is 3. The van der Waals surface area contributed by atoms with E-state index < -0.39 is 10.0 Å². The van der Waals surface area contributed by atoms with Crippen molar-refractivity contribution < 1.29 is 22.7 Å². The largest absolute Gasteiger partial charge is 0.497 e. The van der Waals surface area contributed by atoms with E-state index in [1.54, 1.807) is 60.7 Å². The summed E-state index contributed by atoms with van der Waals surface area (Å²) in [5.41, 5.74) is 1.37. The third-order valence-corrected chi connectivity index (χ3v) is 6.67. The SMILES string of the molecule is COc1ccc(NS(=O)(=O)c2ccc(NC(=S)NC(=O)c3ccc(OCCC(C)C)cc3)cc2)cc1. The summed E-state index contributed by atoms with van der Waals surface area (Å²) in [6.45, 7) is 4.88. The summed E-state index contributed by atoms with van der Waals surface area (Å²) >= 11 is 5.22. The molecule has 8 nitrogen and oxygen atoms in total. The standard InChI is InChI=1S/C26H29N3O5S2/c1-18(2)16-17-34-23-10-4-19(5-11-23)25(30)28-26(35)27-20-8-14-24(15-9-20)36(31,32)29-21-6-12-22(33-3)13-7-21/h4-15,18,29H,16-17H2,1-3H3,(H2,27,28,30,35). The average Bonchev–Trinajstić information content (AvgIpc) is 2.84. The van der Waals surface area contributed by atoms with Crippen molar-refractivity contribution >= 4 is 44.6 Å². The molecule has 0 saturated carbocycles. The molecular formula is C26H29N3O5S2. The van der Waals surface area contributed by atoms with E-state index in [-0.39, 0.29) is 15.9 Å². The van der Waals surface area contributed by atoms with E-state index in [9.17, 15) is 13.2 Å². The predicted octanol–water partition coefficient (Wildman–Crippen LogP) is 5.05. The van der Waals surface area contributed by atoms with Gasteiger partial charge in [-0.1, -0.05) is 13.8 Å². The Labute approximate surface area is 217 Å². The Bertz CT molecular complexity index is 1270. The molecule has 0 bridgehead atoms. The number of anilines is 2. The monoisotopic (exact) mass is 527 g/mol. The van der Waals surface area contributed by atoms with Gasteiger partial charge in [0.2, 0.25) is 0 Å². The summed E-state index contributed by atoms with van der Waals surface area (Å²) in [7, 11) is -2.24. The van der Waals surface area contributed by atoms with Crippen LogP contribution in [0.25, 0.3) is 0 Å². The Morgan fingerprint density at radius 2 is 1.47 bits per heavy atom. The van der Waals surface area contributed by atoms with E-state index in [2.05, 4.69) is 29.2 Å². The lowest BCUT2D eigenvalue weighted by molar-refractivity contribution is 0.0977. The Kier molecular flexibility index (Phi) is 9.26. The lowest BCUT2D eigenvalue weighted by Gasteiger charge is -2.12. The van der Waals surface area contributed by atoms with Crippen LogP contribution in [-0.2, 0) is 10.0 Å². The molecule has 0 radical (unpaired) electrons. The van der Waals surface area contributed by atoms with Crippen LogP contribution in [0.3, 0.4) is 0 Å². The zero-order valence-corrected chi connectivity index (χ0v) is 21.9. The normalized spacial score (nSPS) is 11.0. The van der Waals surface area contributed by atoms with Gasteiger partial charge in [0.25, 0.3) is 15.9 Å². The van der Waals surface area contributed by atoms with Gasteiger partial charge in [-0.15, -0.1) is 0 Å². The summed E-state index contributed by atoms with van der Waals surface area (Å²) in [4.78, 5) is 12.6. The van der Waals surface area contributed by atoms with Gasteiger partial charge in [-0.05, 0) is 97.4 Å².